The van der Waals surface area contributed by atoms with Crippen LogP contribution in [0.1, 0.15) is 18.4 Å². The van der Waals surface area contributed by atoms with Crippen molar-refractivity contribution in [2.75, 3.05) is 19.6 Å². The molecule has 2 heteroatoms. The van der Waals surface area contributed by atoms with Crippen molar-refractivity contribution in [1.29, 1.82) is 0 Å². The van der Waals surface area contributed by atoms with Crippen LogP contribution in [0.4, 0.5) is 0 Å². The first-order valence-electron chi connectivity index (χ1n) is 5.89. The van der Waals surface area contributed by atoms with Gasteiger partial charge in [-0.25, -0.2) is 0 Å². The molecule has 2 nitrogen and oxygen atoms in total. The normalized spacial score (nSPS) is 30.7. The molecule has 15 heavy (non-hydrogen) atoms. The Bertz CT molecular complexity index is 328. The van der Waals surface area contributed by atoms with E-state index in [9.17, 15) is 0 Å². The molecule has 2 aliphatic heterocycles. The van der Waals surface area contributed by atoms with Crippen LogP contribution in [0.5, 0.6) is 0 Å². The topological polar surface area (TPSA) is 15.3 Å². The zero-order valence-corrected chi connectivity index (χ0v) is 9.08. The van der Waals surface area contributed by atoms with Crippen LogP contribution in [-0.2, 0) is 6.54 Å². The summed E-state index contributed by atoms with van der Waals surface area (Å²) in [7, 11) is 0. The lowest BCUT2D eigenvalue weighted by molar-refractivity contribution is -0.00613. The van der Waals surface area contributed by atoms with Crippen molar-refractivity contribution in [3.63, 3.8) is 0 Å². The molecule has 0 saturated carbocycles. The van der Waals surface area contributed by atoms with Gasteiger partial charge in [0.25, 0.3) is 0 Å². The molecule has 1 N–H and O–H groups in total. The van der Waals surface area contributed by atoms with Gasteiger partial charge in [0.05, 0.1) is 0 Å². The second-order valence-electron chi connectivity index (χ2n) is 4.81. The van der Waals surface area contributed by atoms with E-state index in [1.165, 1.54) is 38.0 Å². The molecule has 1 atom stereocenters. The highest BCUT2D eigenvalue weighted by atomic mass is 15.3. The van der Waals surface area contributed by atoms with Gasteiger partial charge in [-0.2, -0.15) is 0 Å². The van der Waals surface area contributed by atoms with Crippen molar-refractivity contribution in [3.05, 3.63) is 35.9 Å². The Morgan fingerprint density at radius 1 is 1.20 bits per heavy atom. The van der Waals surface area contributed by atoms with Gasteiger partial charge in [0, 0.05) is 25.2 Å². The molecule has 1 aromatic rings. The Hall–Kier alpha value is -0.860. The highest BCUT2D eigenvalue weighted by Gasteiger charge is 2.45. The number of benzene rings is 1. The fourth-order valence-corrected chi connectivity index (χ4v) is 2.85. The molecule has 0 aromatic heterocycles. The summed E-state index contributed by atoms with van der Waals surface area (Å²) in [6.45, 7) is 4.80. The first-order valence-corrected chi connectivity index (χ1v) is 5.89. The minimum absolute atomic E-state index is 0.510. The van der Waals surface area contributed by atoms with Crippen molar-refractivity contribution in [2.24, 2.45) is 0 Å². The first-order chi connectivity index (χ1) is 7.39. The lowest BCUT2D eigenvalue weighted by atomic mass is 9.83. The number of likely N-dealkylation sites (tertiary alicyclic amines) is 1. The van der Waals surface area contributed by atoms with Crippen molar-refractivity contribution in [2.45, 2.75) is 24.9 Å². The van der Waals surface area contributed by atoms with E-state index in [1.807, 2.05) is 0 Å². The van der Waals surface area contributed by atoms with E-state index in [2.05, 4.69) is 40.5 Å². The molecule has 0 bridgehead atoms. The molecule has 1 aromatic carbocycles. The van der Waals surface area contributed by atoms with E-state index in [-0.39, 0.29) is 0 Å². The molecule has 1 unspecified atom stereocenters. The van der Waals surface area contributed by atoms with Gasteiger partial charge in [-0.15, -0.1) is 0 Å². The van der Waals surface area contributed by atoms with Crippen LogP contribution in [-0.4, -0.2) is 30.1 Å². The summed E-state index contributed by atoms with van der Waals surface area (Å²) in [5.74, 6) is 0. The summed E-state index contributed by atoms with van der Waals surface area (Å²) in [5.41, 5.74) is 1.96. The average Bonchev–Trinajstić information content (AvgIpc) is 2.77. The number of hydrogen-bond donors (Lipinski definition) is 1. The Labute approximate surface area is 91.3 Å². The SMILES string of the molecule is c1ccc(CN2CCC23CCNC3)cc1. The number of rotatable bonds is 2. The van der Waals surface area contributed by atoms with Gasteiger partial charge in [0.1, 0.15) is 0 Å². The molecule has 2 aliphatic rings. The van der Waals surface area contributed by atoms with Crippen LogP contribution >= 0.6 is 0 Å². The highest BCUT2D eigenvalue weighted by Crippen LogP contribution is 2.36. The number of hydrogen-bond acceptors (Lipinski definition) is 2. The van der Waals surface area contributed by atoms with Gasteiger partial charge < -0.3 is 5.32 Å². The van der Waals surface area contributed by atoms with Gasteiger partial charge in [-0.3, -0.25) is 4.90 Å². The predicted molar refractivity (Wildman–Crippen MR) is 61.7 cm³/mol. The zero-order chi connectivity index (χ0) is 10.1. The molecule has 1 spiro atoms. The monoisotopic (exact) mass is 202 g/mol. The third-order valence-electron chi connectivity index (χ3n) is 3.96. The number of nitrogens with one attached hydrogen (secondary N) is 1. The molecular formula is C13H18N2. The quantitative estimate of drug-likeness (QED) is 0.784. The second-order valence-corrected chi connectivity index (χ2v) is 4.81. The Morgan fingerprint density at radius 3 is 2.67 bits per heavy atom. The Balaban J connectivity index is 1.69. The van der Waals surface area contributed by atoms with Gasteiger partial charge in [-0.05, 0) is 24.9 Å². The summed E-state index contributed by atoms with van der Waals surface area (Å²) in [6.07, 6.45) is 2.71. The van der Waals surface area contributed by atoms with Crippen LogP contribution in [0.15, 0.2) is 30.3 Å². The average molecular weight is 202 g/mol. The van der Waals surface area contributed by atoms with Gasteiger partial charge in [0.2, 0.25) is 0 Å². The van der Waals surface area contributed by atoms with Gasteiger partial charge in [-0.1, -0.05) is 30.3 Å². The molecule has 0 amide bonds. The minimum atomic E-state index is 0.510. The van der Waals surface area contributed by atoms with Gasteiger partial charge >= 0.3 is 0 Å². The third-order valence-corrected chi connectivity index (χ3v) is 3.96. The van der Waals surface area contributed by atoms with E-state index >= 15 is 0 Å². The molecular weight excluding hydrogens is 184 g/mol. The Morgan fingerprint density at radius 2 is 2.07 bits per heavy atom. The van der Waals surface area contributed by atoms with Crippen LogP contribution in [0, 0.1) is 0 Å². The van der Waals surface area contributed by atoms with Crippen LogP contribution in [0.3, 0.4) is 0 Å². The lowest BCUT2D eigenvalue weighted by Gasteiger charge is -2.50. The standard InChI is InChI=1S/C13H18N2/c1-2-4-12(5-3-1)10-15-9-7-13(15)6-8-14-11-13/h1-5,14H,6-11H2. The van der Waals surface area contributed by atoms with Crippen molar-refractivity contribution in [1.82, 2.24) is 10.2 Å². The summed E-state index contributed by atoms with van der Waals surface area (Å²) in [5, 5.41) is 3.49. The van der Waals surface area contributed by atoms with E-state index in [0.717, 1.165) is 6.54 Å². The molecule has 2 saturated heterocycles. The van der Waals surface area contributed by atoms with E-state index in [0.29, 0.717) is 5.54 Å². The largest absolute Gasteiger partial charge is 0.315 e. The summed E-state index contributed by atoms with van der Waals surface area (Å²) >= 11 is 0. The molecule has 3 rings (SSSR count). The minimum Gasteiger partial charge on any atom is -0.315 e. The second kappa shape index (κ2) is 3.62. The highest BCUT2D eigenvalue weighted by molar-refractivity contribution is 5.17. The third kappa shape index (κ3) is 1.58. The zero-order valence-electron chi connectivity index (χ0n) is 9.08. The summed E-state index contributed by atoms with van der Waals surface area (Å²) in [6, 6.07) is 10.8. The van der Waals surface area contributed by atoms with E-state index in [1.54, 1.807) is 0 Å². The smallest absolute Gasteiger partial charge is 0.0361 e. The molecule has 2 heterocycles. The number of nitrogens with zero attached hydrogens (tertiary/aromatic N) is 1. The first kappa shape index (κ1) is 9.37. The van der Waals surface area contributed by atoms with E-state index < -0.39 is 0 Å². The van der Waals surface area contributed by atoms with Crippen LogP contribution in [0.2, 0.25) is 0 Å². The maximum atomic E-state index is 3.49. The van der Waals surface area contributed by atoms with Gasteiger partial charge in [0.15, 0.2) is 0 Å². The molecule has 0 radical (unpaired) electrons. The maximum Gasteiger partial charge on any atom is 0.0361 e. The van der Waals surface area contributed by atoms with Crippen molar-refractivity contribution >= 4 is 0 Å². The fourth-order valence-electron chi connectivity index (χ4n) is 2.85. The summed E-state index contributed by atoms with van der Waals surface area (Å²) in [4.78, 5) is 2.64. The lowest BCUT2D eigenvalue weighted by Crippen LogP contribution is -2.60. The predicted octanol–water partition coefficient (Wildman–Crippen LogP) is 1.62. The summed E-state index contributed by atoms with van der Waals surface area (Å²) < 4.78 is 0. The van der Waals surface area contributed by atoms with Crippen LogP contribution in [0.25, 0.3) is 0 Å². The Kier molecular flexibility index (Phi) is 2.26. The maximum absolute atomic E-state index is 3.49. The molecule has 80 valence electrons. The molecule has 2 fully saturated rings. The van der Waals surface area contributed by atoms with Crippen molar-refractivity contribution < 1.29 is 0 Å². The van der Waals surface area contributed by atoms with Crippen molar-refractivity contribution in [3.8, 4) is 0 Å². The van der Waals surface area contributed by atoms with E-state index in [4.69, 9.17) is 0 Å². The van der Waals surface area contributed by atoms with Crippen LogP contribution < -0.4 is 5.32 Å². The fraction of sp³-hybridized carbons (Fsp3) is 0.538. The molecule has 0 aliphatic carbocycles.